The number of halogens is 1. The number of aliphatic carboxylic acids is 1. The van der Waals surface area contributed by atoms with Gasteiger partial charge in [-0.2, -0.15) is 0 Å². The molecular formula is C79H126ClN7O13. The van der Waals surface area contributed by atoms with Gasteiger partial charge in [-0.25, -0.2) is 19.2 Å². The third-order valence-corrected chi connectivity index (χ3v) is 13.6. The van der Waals surface area contributed by atoms with Gasteiger partial charge in [-0.1, -0.05) is 154 Å². The molecule has 1 rings (SSSR count). The van der Waals surface area contributed by atoms with E-state index in [1.807, 2.05) is 39.0 Å². The Hall–Kier alpha value is -8.10. The van der Waals surface area contributed by atoms with Gasteiger partial charge in [0.05, 0.1) is 14.2 Å². The van der Waals surface area contributed by atoms with E-state index in [1.54, 1.807) is 39.2 Å². The van der Waals surface area contributed by atoms with Gasteiger partial charge in [-0.15, -0.1) is 12.4 Å². The van der Waals surface area contributed by atoms with Crippen molar-refractivity contribution >= 4 is 66.3 Å². The highest BCUT2D eigenvalue weighted by Gasteiger charge is 2.22. The fourth-order valence-electron chi connectivity index (χ4n) is 8.47. The van der Waals surface area contributed by atoms with E-state index in [0.29, 0.717) is 90.3 Å². The maximum atomic E-state index is 12.3. The SMILES string of the molecule is CC/C=C\C/C=C\C/C=C\C/C=C\C/C=C\CCCC(=O)N[C@@H](CCCCNC(=O)C/C=C/c1cccnc1)C(=O)O.CC/C=C\C/C=C\C/C=C\C/C=C\C/C=C\CCCC(=O)N[C@@H](CCCCNC(=O)OC(C)(C)C)C(=O)OC.COC(=O)[C@@H](N)CCCCNC(=O)OC(C)(C)C.Cl. The van der Waals surface area contributed by atoms with E-state index in [0.717, 1.165) is 95.5 Å². The molecule has 562 valence electrons. The number of nitrogens with one attached hydrogen (secondary N) is 5. The summed E-state index contributed by atoms with van der Waals surface area (Å²) < 4.78 is 19.6. The molecule has 1 heterocycles. The number of carboxylic acid groups (broad SMARTS) is 1. The van der Waals surface area contributed by atoms with E-state index >= 15 is 0 Å². The number of allylic oxidation sites excluding steroid dienone is 20. The van der Waals surface area contributed by atoms with Crippen molar-refractivity contribution in [1.29, 1.82) is 0 Å². The van der Waals surface area contributed by atoms with Gasteiger partial charge in [-0.05, 0) is 201 Å². The first kappa shape index (κ1) is 96.1. The molecule has 20 nitrogen and oxygen atoms in total. The maximum absolute atomic E-state index is 12.3. The molecule has 3 atom stereocenters. The van der Waals surface area contributed by atoms with Crippen LogP contribution in [-0.4, -0.2) is 121 Å². The quantitative estimate of drug-likeness (QED) is 0.0138. The number of esters is 2. The number of unbranched alkanes of at least 4 members (excludes halogenated alkanes) is 5. The van der Waals surface area contributed by atoms with E-state index in [4.69, 9.17) is 19.9 Å². The van der Waals surface area contributed by atoms with E-state index < -0.39 is 59.4 Å². The predicted octanol–water partition coefficient (Wildman–Crippen LogP) is 16.1. The van der Waals surface area contributed by atoms with Gasteiger partial charge in [0.1, 0.15) is 29.3 Å². The number of alkyl carbamates (subject to hydrolysis) is 2. The van der Waals surface area contributed by atoms with E-state index in [9.17, 15) is 43.5 Å². The number of ether oxygens (including phenoxy) is 4. The Morgan fingerprint density at radius 1 is 0.480 bits per heavy atom. The van der Waals surface area contributed by atoms with Gasteiger partial charge in [-0.3, -0.25) is 24.2 Å². The highest BCUT2D eigenvalue weighted by atomic mass is 35.5. The van der Waals surface area contributed by atoms with Crippen LogP contribution in [0, 0.1) is 0 Å². The molecule has 100 heavy (non-hydrogen) atoms. The summed E-state index contributed by atoms with van der Waals surface area (Å²) in [7, 11) is 2.62. The molecule has 0 bridgehead atoms. The molecule has 0 aliphatic carbocycles. The zero-order valence-corrected chi connectivity index (χ0v) is 62.8. The number of hydrogen-bond acceptors (Lipinski definition) is 14. The molecule has 21 heteroatoms. The van der Waals surface area contributed by atoms with Crippen molar-refractivity contribution in [2.24, 2.45) is 5.73 Å². The van der Waals surface area contributed by atoms with Crippen LogP contribution < -0.4 is 32.3 Å². The molecule has 8 N–H and O–H groups in total. The van der Waals surface area contributed by atoms with E-state index in [2.05, 4.69) is 172 Å². The lowest BCUT2D eigenvalue weighted by Gasteiger charge is -2.20. The molecule has 1 aromatic heterocycles. The molecular weight excluding hydrogens is 1290 g/mol. The average Bonchev–Trinajstić information content (AvgIpc) is 1.28. The molecule has 0 spiro atoms. The second kappa shape index (κ2) is 66.8. The van der Waals surface area contributed by atoms with Gasteiger partial charge in [0.15, 0.2) is 0 Å². The third kappa shape index (κ3) is 68.4. The Morgan fingerprint density at radius 3 is 1.22 bits per heavy atom. The summed E-state index contributed by atoms with van der Waals surface area (Å²) in [4.78, 5) is 98.0. The van der Waals surface area contributed by atoms with Crippen molar-refractivity contribution in [3.8, 4) is 0 Å². The van der Waals surface area contributed by atoms with Crippen molar-refractivity contribution in [3.05, 3.63) is 158 Å². The Balaban J connectivity index is -0.00000151. The van der Waals surface area contributed by atoms with Crippen molar-refractivity contribution in [3.63, 3.8) is 0 Å². The number of carboxylic acids is 1. The van der Waals surface area contributed by atoms with Crippen molar-refractivity contribution in [2.45, 2.75) is 252 Å². The zero-order valence-electron chi connectivity index (χ0n) is 62.0. The molecule has 1 aromatic rings. The second-order valence-electron chi connectivity index (χ2n) is 25.0. The van der Waals surface area contributed by atoms with Crippen LogP contribution in [0.4, 0.5) is 9.59 Å². The normalized spacial score (nSPS) is 12.8. The number of nitrogens with two attached hydrogens (primary N) is 1. The van der Waals surface area contributed by atoms with Crippen LogP contribution in [0.2, 0.25) is 0 Å². The highest BCUT2D eigenvalue weighted by molar-refractivity contribution is 5.86. The molecule has 0 aliphatic heterocycles. The molecule has 5 amide bonds. The Labute approximate surface area is 606 Å². The minimum absolute atomic E-state index is 0. The van der Waals surface area contributed by atoms with Gasteiger partial charge in [0.25, 0.3) is 0 Å². The zero-order chi connectivity index (χ0) is 73.9. The fourth-order valence-corrected chi connectivity index (χ4v) is 8.47. The minimum atomic E-state index is -1.04. The molecule has 0 aliphatic rings. The summed E-state index contributed by atoms with van der Waals surface area (Å²) in [5, 5.41) is 23.0. The number of methoxy groups -OCH3 is 2. The van der Waals surface area contributed by atoms with Gasteiger partial charge >= 0.3 is 30.1 Å². The van der Waals surface area contributed by atoms with Crippen molar-refractivity contribution in [1.82, 2.24) is 31.6 Å². The summed E-state index contributed by atoms with van der Waals surface area (Å²) in [6.07, 6.45) is 68.1. The van der Waals surface area contributed by atoms with E-state index in [-0.39, 0.29) is 36.5 Å². The van der Waals surface area contributed by atoms with Crippen LogP contribution in [0.15, 0.2) is 152 Å². The Morgan fingerprint density at radius 2 is 0.850 bits per heavy atom. The number of amides is 5. The van der Waals surface area contributed by atoms with Crippen LogP contribution in [0.1, 0.15) is 228 Å². The maximum Gasteiger partial charge on any atom is 0.407 e. The van der Waals surface area contributed by atoms with Crippen LogP contribution in [0.5, 0.6) is 0 Å². The van der Waals surface area contributed by atoms with Gasteiger partial charge in [0.2, 0.25) is 17.7 Å². The summed E-state index contributed by atoms with van der Waals surface area (Å²) >= 11 is 0. The first-order valence-electron chi connectivity index (χ1n) is 35.5. The Bertz CT molecular complexity index is 2690. The summed E-state index contributed by atoms with van der Waals surface area (Å²) in [6, 6.07) is 1.56. The van der Waals surface area contributed by atoms with Crippen LogP contribution >= 0.6 is 12.4 Å². The van der Waals surface area contributed by atoms with Gasteiger partial charge in [0, 0.05) is 51.3 Å². The largest absolute Gasteiger partial charge is 0.480 e. The third-order valence-electron chi connectivity index (χ3n) is 13.6. The number of pyridine rings is 1. The second-order valence-corrected chi connectivity index (χ2v) is 25.0. The first-order valence-corrected chi connectivity index (χ1v) is 35.5. The Kier molecular flexibility index (Phi) is 64.1. The lowest BCUT2D eigenvalue weighted by molar-refractivity contribution is -0.145. The monoisotopic (exact) mass is 1420 g/mol. The standard InChI is InChI=1S/C35H49N3O4.C32H52N2O5.C12H24N2O4.ClH/c1-2-3-4-5-6-7-8-9-10-11-12-13-14-15-16-17-18-26-34(40)38-32(35(41)42)25-19-20-29-37-33(39)27-21-23-31-24-22-28-36-30-31;1-6-7-8-9-10-11-12-13-14-15-16-17-18-19-20-21-22-26-29(35)34-28(30(36)38-5)25-23-24-27-33-31(37)39-32(2,3)4;1-12(2,3)18-11(16)14-8-6-5-7-9(13)10(15)17-4;/h3-4,6-7,9-10,12-13,15-16,21-24,28,30,32H,2,5,8,11,14,17-20,25-27,29H2,1H3,(H,37,39)(H,38,40)(H,41,42);7-8,10-11,13-14,16-17,19-20,28H,6,9,12,15,18,21-27H2,1-5H3,(H,33,37)(H,34,35);9H,5-8,13H2,1-4H3,(H,14,16);1H/b4-3-,7-6-,10-9-,13-12-,16-15-,23-21+;8-7-,11-10-,14-13-,17-16-,20-19-;;/t32-;28-;9-;/m000./s1. The number of rotatable bonds is 49. The number of carbonyl (C=O) groups excluding carboxylic acids is 7. The highest BCUT2D eigenvalue weighted by Crippen LogP contribution is 2.11. The predicted molar refractivity (Wildman–Crippen MR) is 408 cm³/mol. The molecule has 0 saturated carbocycles. The van der Waals surface area contributed by atoms with Crippen molar-refractivity contribution in [2.75, 3.05) is 33.9 Å². The molecule has 0 aromatic carbocycles. The summed E-state index contributed by atoms with van der Waals surface area (Å²) in [6.45, 7) is 16.5. The average molecular weight is 1420 g/mol. The smallest absolute Gasteiger partial charge is 0.407 e. The van der Waals surface area contributed by atoms with Gasteiger partial charge < -0.3 is 56.4 Å². The number of nitrogens with zero attached hydrogens (tertiary/aromatic N) is 1. The number of hydrogen-bond donors (Lipinski definition) is 7. The molecule has 0 saturated heterocycles. The van der Waals surface area contributed by atoms with E-state index in [1.165, 1.54) is 14.2 Å². The molecule has 0 radical (unpaired) electrons. The van der Waals surface area contributed by atoms with Crippen LogP contribution in [-0.2, 0) is 47.7 Å². The molecule has 0 unspecified atom stereocenters. The minimum Gasteiger partial charge on any atom is -0.480 e. The fraction of sp³-hybridized carbons (Fsp3) is 0.557. The first-order chi connectivity index (χ1) is 47.5. The van der Waals surface area contributed by atoms with Crippen molar-refractivity contribution < 1.29 is 62.4 Å². The number of carbonyl (C=O) groups is 8. The van der Waals surface area contributed by atoms with Crippen LogP contribution in [0.25, 0.3) is 6.08 Å². The van der Waals surface area contributed by atoms with Crippen LogP contribution in [0.3, 0.4) is 0 Å². The topological polar surface area (TPSA) is 293 Å². The molecule has 0 fully saturated rings. The summed E-state index contributed by atoms with van der Waals surface area (Å²) in [5.41, 5.74) is 5.47. The summed E-state index contributed by atoms with van der Waals surface area (Å²) in [5.74, 6) is -2.40. The lowest BCUT2D eigenvalue weighted by atomic mass is 10.1. The number of aromatic nitrogens is 1. The lowest BCUT2D eigenvalue weighted by Crippen LogP contribution is -2.41.